The van der Waals surface area contributed by atoms with Gasteiger partial charge in [0.15, 0.2) is 0 Å². The SMILES string of the molecule is O=C(Cc1c[nH]c2ccccc12)N1CC[C@@H](O)C1. The molecule has 94 valence electrons. The van der Waals surface area contributed by atoms with Crippen LogP contribution < -0.4 is 0 Å². The molecule has 1 aromatic heterocycles. The maximum absolute atomic E-state index is 12.1. The molecule has 1 saturated heterocycles. The van der Waals surface area contributed by atoms with Crippen LogP contribution in [0.4, 0.5) is 0 Å². The summed E-state index contributed by atoms with van der Waals surface area (Å²) in [6.45, 7) is 1.14. The molecule has 0 aliphatic carbocycles. The summed E-state index contributed by atoms with van der Waals surface area (Å²) in [6, 6.07) is 7.97. The van der Waals surface area contributed by atoms with Crippen LogP contribution in [0.1, 0.15) is 12.0 Å². The minimum absolute atomic E-state index is 0.0938. The number of nitrogens with zero attached hydrogens (tertiary/aromatic N) is 1. The van der Waals surface area contributed by atoms with Gasteiger partial charge in [0.25, 0.3) is 0 Å². The smallest absolute Gasteiger partial charge is 0.227 e. The van der Waals surface area contributed by atoms with E-state index < -0.39 is 0 Å². The number of H-pyrrole nitrogens is 1. The van der Waals surface area contributed by atoms with Gasteiger partial charge < -0.3 is 15.0 Å². The lowest BCUT2D eigenvalue weighted by Crippen LogP contribution is -2.30. The van der Waals surface area contributed by atoms with E-state index in [2.05, 4.69) is 4.98 Å². The van der Waals surface area contributed by atoms with E-state index in [9.17, 15) is 9.90 Å². The normalized spacial score (nSPS) is 19.6. The molecule has 0 radical (unpaired) electrons. The Morgan fingerprint density at radius 3 is 3.06 bits per heavy atom. The molecule has 1 amide bonds. The van der Waals surface area contributed by atoms with E-state index in [0.717, 1.165) is 16.5 Å². The summed E-state index contributed by atoms with van der Waals surface area (Å²) in [5.74, 6) is 0.0938. The van der Waals surface area contributed by atoms with Crippen molar-refractivity contribution in [2.24, 2.45) is 0 Å². The maximum atomic E-state index is 12.1. The van der Waals surface area contributed by atoms with Gasteiger partial charge in [0.2, 0.25) is 5.91 Å². The van der Waals surface area contributed by atoms with E-state index in [0.29, 0.717) is 25.9 Å². The first kappa shape index (κ1) is 11.3. The van der Waals surface area contributed by atoms with Crippen molar-refractivity contribution in [3.8, 4) is 0 Å². The Morgan fingerprint density at radius 1 is 1.44 bits per heavy atom. The van der Waals surface area contributed by atoms with Crippen LogP contribution in [0.25, 0.3) is 10.9 Å². The lowest BCUT2D eigenvalue weighted by molar-refractivity contribution is -0.129. The largest absolute Gasteiger partial charge is 0.391 e. The molecule has 0 bridgehead atoms. The van der Waals surface area contributed by atoms with Crippen molar-refractivity contribution >= 4 is 16.8 Å². The summed E-state index contributed by atoms with van der Waals surface area (Å²) >= 11 is 0. The van der Waals surface area contributed by atoms with Crippen LogP contribution in [-0.4, -0.2) is 40.1 Å². The van der Waals surface area contributed by atoms with Crippen molar-refractivity contribution in [3.05, 3.63) is 36.0 Å². The summed E-state index contributed by atoms with van der Waals surface area (Å²) in [6.07, 6.45) is 2.64. The molecule has 18 heavy (non-hydrogen) atoms. The fraction of sp³-hybridized carbons (Fsp3) is 0.357. The third-order valence-corrected chi connectivity index (χ3v) is 3.53. The minimum Gasteiger partial charge on any atom is -0.391 e. The highest BCUT2D eigenvalue weighted by atomic mass is 16.3. The first-order chi connectivity index (χ1) is 8.74. The zero-order valence-corrected chi connectivity index (χ0v) is 10.1. The lowest BCUT2D eigenvalue weighted by Gasteiger charge is -2.14. The Balaban J connectivity index is 1.78. The van der Waals surface area contributed by atoms with Crippen LogP contribution in [0.5, 0.6) is 0 Å². The number of nitrogens with one attached hydrogen (secondary N) is 1. The number of β-amino-alcohol motifs (C(OH)–C–C–N with tert-alkyl or cyclic N) is 1. The van der Waals surface area contributed by atoms with Crippen molar-refractivity contribution in [2.75, 3.05) is 13.1 Å². The van der Waals surface area contributed by atoms with E-state index in [1.54, 1.807) is 4.90 Å². The van der Waals surface area contributed by atoms with Gasteiger partial charge in [-0.1, -0.05) is 18.2 Å². The van der Waals surface area contributed by atoms with Crippen LogP contribution >= 0.6 is 0 Å². The van der Waals surface area contributed by atoms with Crippen LogP contribution in [-0.2, 0) is 11.2 Å². The van der Waals surface area contributed by atoms with Gasteiger partial charge in [0, 0.05) is 30.2 Å². The van der Waals surface area contributed by atoms with Crippen molar-refractivity contribution in [1.82, 2.24) is 9.88 Å². The second-order valence-corrected chi connectivity index (χ2v) is 4.82. The number of hydrogen-bond acceptors (Lipinski definition) is 2. The molecule has 1 aromatic carbocycles. The van der Waals surface area contributed by atoms with Crippen LogP contribution in [0.2, 0.25) is 0 Å². The van der Waals surface area contributed by atoms with E-state index in [-0.39, 0.29) is 12.0 Å². The molecular formula is C14H16N2O2. The number of carbonyl (C=O) groups is 1. The van der Waals surface area contributed by atoms with Gasteiger partial charge in [-0.05, 0) is 18.1 Å². The number of aliphatic hydroxyl groups excluding tert-OH is 1. The first-order valence-electron chi connectivity index (χ1n) is 6.25. The molecule has 0 unspecified atom stereocenters. The Hall–Kier alpha value is -1.81. The van der Waals surface area contributed by atoms with Gasteiger partial charge in [-0.3, -0.25) is 4.79 Å². The molecule has 1 aliphatic rings. The number of aromatic nitrogens is 1. The quantitative estimate of drug-likeness (QED) is 0.836. The van der Waals surface area contributed by atoms with Crippen LogP contribution in [0.15, 0.2) is 30.5 Å². The lowest BCUT2D eigenvalue weighted by atomic mass is 10.1. The summed E-state index contributed by atoms with van der Waals surface area (Å²) in [4.78, 5) is 17.0. The second-order valence-electron chi connectivity index (χ2n) is 4.82. The number of rotatable bonds is 2. The molecule has 1 fully saturated rings. The van der Waals surface area contributed by atoms with Crippen molar-refractivity contribution in [3.63, 3.8) is 0 Å². The Morgan fingerprint density at radius 2 is 2.28 bits per heavy atom. The van der Waals surface area contributed by atoms with Crippen molar-refractivity contribution < 1.29 is 9.90 Å². The van der Waals surface area contributed by atoms with E-state index in [1.165, 1.54) is 0 Å². The second kappa shape index (κ2) is 4.46. The number of likely N-dealkylation sites (tertiary alicyclic amines) is 1. The number of aromatic amines is 1. The molecule has 3 rings (SSSR count). The fourth-order valence-corrected chi connectivity index (χ4v) is 2.52. The molecule has 4 nitrogen and oxygen atoms in total. The monoisotopic (exact) mass is 244 g/mol. The third kappa shape index (κ3) is 1.99. The number of carbonyl (C=O) groups excluding carboxylic acids is 1. The number of aliphatic hydroxyl groups is 1. The molecule has 2 heterocycles. The predicted molar refractivity (Wildman–Crippen MR) is 69.2 cm³/mol. The number of para-hydroxylation sites is 1. The zero-order valence-electron chi connectivity index (χ0n) is 10.1. The van der Waals surface area contributed by atoms with Gasteiger partial charge in [-0.2, -0.15) is 0 Å². The van der Waals surface area contributed by atoms with Gasteiger partial charge in [0.1, 0.15) is 0 Å². The highest BCUT2D eigenvalue weighted by Crippen LogP contribution is 2.19. The van der Waals surface area contributed by atoms with Gasteiger partial charge in [-0.15, -0.1) is 0 Å². The summed E-state index contributed by atoms with van der Waals surface area (Å²) in [5.41, 5.74) is 2.08. The Labute approximate surface area is 105 Å². The molecule has 2 N–H and O–H groups in total. The van der Waals surface area contributed by atoms with Gasteiger partial charge in [-0.25, -0.2) is 0 Å². The summed E-state index contributed by atoms with van der Waals surface area (Å²) in [7, 11) is 0. The summed E-state index contributed by atoms with van der Waals surface area (Å²) < 4.78 is 0. The fourth-order valence-electron chi connectivity index (χ4n) is 2.52. The third-order valence-electron chi connectivity index (χ3n) is 3.53. The van der Waals surface area contributed by atoms with E-state index >= 15 is 0 Å². The van der Waals surface area contributed by atoms with Crippen molar-refractivity contribution in [1.29, 1.82) is 0 Å². The van der Waals surface area contributed by atoms with Crippen molar-refractivity contribution in [2.45, 2.75) is 18.9 Å². The summed E-state index contributed by atoms with van der Waals surface area (Å²) in [5, 5.41) is 10.5. The molecule has 1 aliphatic heterocycles. The van der Waals surface area contributed by atoms with E-state index in [1.807, 2.05) is 30.5 Å². The molecule has 0 spiro atoms. The highest BCUT2D eigenvalue weighted by Gasteiger charge is 2.24. The molecule has 0 saturated carbocycles. The highest BCUT2D eigenvalue weighted by molar-refractivity contribution is 5.88. The Kier molecular flexibility index (Phi) is 2.80. The molecule has 2 aromatic rings. The standard InChI is InChI=1S/C14H16N2O2/c17-11-5-6-16(9-11)14(18)7-10-8-15-13-4-2-1-3-12(10)13/h1-4,8,11,15,17H,5-7,9H2/t11-/m1/s1. The van der Waals surface area contributed by atoms with E-state index in [4.69, 9.17) is 0 Å². The van der Waals surface area contributed by atoms with Crippen LogP contribution in [0.3, 0.4) is 0 Å². The first-order valence-corrected chi connectivity index (χ1v) is 6.25. The average molecular weight is 244 g/mol. The topological polar surface area (TPSA) is 56.3 Å². The minimum atomic E-state index is -0.350. The Bertz CT molecular complexity index is 576. The van der Waals surface area contributed by atoms with Gasteiger partial charge in [0.05, 0.1) is 12.5 Å². The maximum Gasteiger partial charge on any atom is 0.227 e. The van der Waals surface area contributed by atoms with Crippen LogP contribution in [0, 0.1) is 0 Å². The average Bonchev–Trinajstić information content (AvgIpc) is 2.97. The number of benzene rings is 1. The van der Waals surface area contributed by atoms with Gasteiger partial charge >= 0.3 is 0 Å². The predicted octanol–water partition coefficient (Wildman–Crippen LogP) is 1.30. The number of amides is 1. The molecular weight excluding hydrogens is 228 g/mol. The molecule has 4 heteroatoms. The number of hydrogen-bond donors (Lipinski definition) is 2. The zero-order chi connectivity index (χ0) is 12.5. The number of fused-ring (bicyclic) bond motifs is 1. The molecule has 1 atom stereocenters.